The van der Waals surface area contributed by atoms with Gasteiger partial charge < -0.3 is 19.7 Å². The van der Waals surface area contributed by atoms with Crippen molar-refractivity contribution in [3.8, 4) is 23.0 Å². The number of Topliss-reactive ketones (excluding diaryl/α,β-unsaturated/α-hetero) is 1. The predicted octanol–water partition coefficient (Wildman–Crippen LogP) is 2.63. The molecule has 0 saturated carbocycles. The number of carbonyl (C=O) groups is 1. The third-order valence-corrected chi connectivity index (χ3v) is 3.46. The Kier molecular flexibility index (Phi) is 3.57. The van der Waals surface area contributed by atoms with E-state index in [1.54, 1.807) is 0 Å². The number of benzene rings is 2. The summed E-state index contributed by atoms with van der Waals surface area (Å²) in [4.78, 5) is 22.8. The van der Waals surface area contributed by atoms with Gasteiger partial charge in [0.2, 0.25) is 5.78 Å². The maximum Gasteiger partial charge on any atom is 0.280 e. The van der Waals surface area contributed by atoms with Crippen molar-refractivity contribution in [3.63, 3.8) is 0 Å². The molecule has 1 aliphatic heterocycles. The summed E-state index contributed by atoms with van der Waals surface area (Å²) in [7, 11) is 1.30. The van der Waals surface area contributed by atoms with Gasteiger partial charge in [-0.05, 0) is 24.3 Å². The van der Waals surface area contributed by atoms with Crippen molar-refractivity contribution in [3.05, 3.63) is 57.3 Å². The number of ether oxygens (including phenoxy) is 2. The lowest BCUT2D eigenvalue weighted by Gasteiger charge is -2.06. The number of allylic oxidation sites excluding steroid dienone is 1. The van der Waals surface area contributed by atoms with Crippen LogP contribution in [-0.2, 0) is 0 Å². The van der Waals surface area contributed by atoms with Crippen LogP contribution in [0.5, 0.6) is 23.0 Å². The van der Waals surface area contributed by atoms with E-state index < -0.39 is 22.1 Å². The number of hydrogen-bond acceptors (Lipinski definition) is 7. The molecule has 0 aliphatic carbocycles. The minimum atomic E-state index is -0.691. The summed E-state index contributed by atoms with van der Waals surface area (Å²) in [6, 6.07) is 6.19. The van der Waals surface area contributed by atoms with Gasteiger partial charge >= 0.3 is 0 Å². The van der Waals surface area contributed by atoms with Crippen LogP contribution in [-0.4, -0.2) is 28.0 Å². The molecular formula is C16H11NO7. The number of phenolic OH excluding ortho intramolecular Hbond substituents is 2. The Morgan fingerprint density at radius 3 is 2.67 bits per heavy atom. The minimum Gasteiger partial charge on any atom is -0.508 e. The Bertz CT molecular complexity index is 902. The summed E-state index contributed by atoms with van der Waals surface area (Å²) in [5.41, 5.74) is -0.126. The summed E-state index contributed by atoms with van der Waals surface area (Å²) >= 11 is 0. The highest BCUT2D eigenvalue weighted by molar-refractivity contribution is 6.14. The number of carbonyl (C=O) groups excluding carboxylic acids is 1. The normalized spacial score (nSPS) is 14.4. The van der Waals surface area contributed by atoms with E-state index in [4.69, 9.17) is 9.47 Å². The first-order valence-corrected chi connectivity index (χ1v) is 6.73. The van der Waals surface area contributed by atoms with Crippen LogP contribution in [0.2, 0.25) is 0 Å². The predicted molar refractivity (Wildman–Crippen MR) is 82.4 cm³/mol. The van der Waals surface area contributed by atoms with Crippen LogP contribution in [0.3, 0.4) is 0 Å². The number of nitrogens with zero attached hydrogens (tertiary/aromatic N) is 1. The first-order chi connectivity index (χ1) is 11.4. The van der Waals surface area contributed by atoms with Crippen LogP contribution < -0.4 is 9.47 Å². The molecule has 1 aliphatic rings. The van der Waals surface area contributed by atoms with E-state index in [2.05, 4.69) is 0 Å². The van der Waals surface area contributed by atoms with E-state index in [9.17, 15) is 25.1 Å². The van der Waals surface area contributed by atoms with Gasteiger partial charge in [-0.3, -0.25) is 14.9 Å². The second-order valence-corrected chi connectivity index (χ2v) is 4.96. The van der Waals surface area contributed by atoms with E-state index in [0.717, 1.165) is 6.07 Å². The van der Waals surface area contributed by atoms with Crippen LogP contribution in [0.15, 0.2) is 36.1 Å². The molecule has 2 aromatic rings. The Hall–Kier alpha value is -3.55. The van der Waals surface area contributed by atoms with Crippen LogP contribution in [0.1, 0.15) is 15.9 Å². The fraction of sp³-hybridized carbons (Fsp3) is 0.0625. The van der Waals surface area contributed by atoms with Crippen molar-refractivity contribution in [2.24, 2.45) is 0 Å². The number of nitro groups is 1. The largest absolute Gasteiger partial charge is 0.508 e. The van der Waals surface area contributed by atoms with Crippen molar-refractivity contribution in [2.45, 2.75) is 0 Å². The molecular weight excluding hydrogens is 318 g/mol. The third-order valence-electron chi connectivity index (χ3n) is 3.46. The Morgan fingerprint density at radius 1 is 1.25 bits per heavy atom. The topological polar surface area (TPSA) is 119 Å². The maximum atomic E-state index is 12.3. The summed E-state index contributed by atoms with van der Waals surface area (Å²) in [5, 5.41) is 30.3. The van der Waals surface area contributed by atoms with Gasteiger partial charge in [-0.15, -0.1) is 0 Å². The highest BCUT2D eigenvalue weighted by atomic mass is 16.6. The zero-order valence-electron chi connectivity index (χ0n) is 12.3. The van der Waals surface area contributed by atoms with Gasteiger partial charge in [-0.2, -0.15) is 0 Å². The van der Waals surface area contributed by atoms with E-state index in [-0.39, 0.29) is 34.1 Å². The molecule has 122 valence electrons. The molecule has 0 spiro atoms. The summed E-state index contributed by atoms with van der Waals surface area (Å²) in [6.07, 6.45) is 1.19. The third kappa shape index (κ3) is 2.50. The SMILES string of the molecule is COc1cc(C=C2Oc3cc(O)ccc3C2=O)c([N+](=O)[O-])cc1O. The molecule has 0 fully saturated rings. The van der Waals surface area contributed by atoms with E-state index >= 15 is 0 Å². The first-order valence-electron chi connectivity index (χ1n) is 6.73. The molecule has 0 bridgehead atoms. The number of aromatic hydroxyl groups is 2. The van der Waals surface area contributed by atoms with Crippen LogP contribution in [0.25, 0.3) is 6.08 Å². The average Bonchev–Trinajstić information content (AvgIpc) is 2.83. The fourth-order valence-corrected chi connectivity index (χ4v) is 2.33. The number of nitro benzene ring substituents is 1. The van der Waals surface area contributed by atoms with Crippen molar-refractivity contribution in [1.82, 2.24) is 0 Å². The maximum absolute atomic E-state index is 12.3. The Balaban J connectivity index is 2.09. The summed E-state index contributed by atoms with van der Waals surface area (Å²) in [6.45, 7) is 0. The van der Waals surface area contributed by atoms with Gasteiger partial charge in [0.05, 0.1) is 29.2 Å². The summed E-state index contributed by atoms with van der Waals surface area (Å²) in [5.74, 6) is -0.871. The molecule has 0 amide bonds. The summed E-state index contributed by atoms with van der Waals surface area (Å²) < 4.78 is 10.3. The van der Waals surface area contributed by atoms with Gasteiger partial charge in [-0.1, -0.05) is 0 Å². The quantitative estimate of drug-likeness (QED) is 0.504. The second-order valence-electron chi connectivity index (χ2n) is 4.96. The molecule has 8 nitrogen and oxygen atoms in total. The first kappa shape index (κ1) is 15.3. The molecule has 0 aromatic heterocycles. The molecule has 2 N–H and O–H groups in total. The molecule has 1 heterocycles. The van der Waals surface area contributed by atoms with E-state index in [0.29, 0.717) is 0 Å². The number of phenols is 2. The second kappa shape index (κ2) is 5.58. The van der Waals surface area contributed by atoms with Crippen molar-refractivity contribution in [2.75, 3.05) is 7.11 Å². The lowest BCUT2D eigenvalue weighted by molar-refractivity contribution is -0.385. The van der Waals surface area contributed by atoms with Gasteiger partial charge in [0.15, 0.2) is 17.3 Å². The molecule has 0 atom stereocenters. The van der Waals surface area contributed by atoms with E-state index in [1.165, 1.54) is 37.5 Å². The smallest absolute Gasteiger partial charge is 0.280 e. The zero-order valence-corrected chi connectivity index (χ0v) is 12.3. The average molecular weight is 329 g/mol. The highest BCUT2D eigenvalue weighted by Crippen LogP contribution is 2.38. The van der Waals surface area contributed by atoms with Crippen LogP contribution in [0, 0.1) is 10.1 Å². The lowest BCUT2D eigenvalue weighted by atomic mass is 10.1. The van der Waals surface area contributed by atoms with Gasteiger partial charge in [0.1, 0.15) is 11.5 Å². The number of ketones is 1. The molecule has 2 aromatic carbocycles. The van der Waals surface area contributed by atoms with Crippen LogP contribution in [0.4, 0.5) is 5.69 Å². The van der Waals surface area contributed by atoms with Crippen molar-refractivity contribution < 1.29 is 29.4 Å². The number of methoxy groups -OCH3 is 1. The van der Waals surface area contributed by atoms with E-state index in [1.807, 2.05) is 0 Å². The molecule has 3 rings (SSSR count). The lowest BCUT2D eigenvalue weighted by Crippen LogP contribution is -2.00. The standard InChI is InChI=1S/C16H11NO7/c1-23-14-4-8(11(17(21)22)7-12(14)19)5-15-16(20)10-3-2-9(18)6-13(10)24-15/h2-7,18-19H,1H3. The molecule has 0 saturated heterocycles. The molecule has 0 unspecified atom stereocenters. The molecule has 8 heteroatoms. The molecule has 0 radical (unpaired) electrons. The minimum absolute atomic E-state index is 0.0213. The number of fused-ring (bicyclic) bond motifs is 1. The van der Waals surface area contributed by atoms with Gasteiger partial charge in [0, 0.05) is 6.07 Å². The van der Waals surface area contributed by atoms with Crippen LogP contribution >= 0.6 is 0 Å². The Labute approximate surface area is 135 Å². The molecule has 24 heavy (non-hydrogen) atoms. The van der Waals surface area contributed by atoms with Gasteiger partial charge in [0.25, 0.3) is 5.69 Å². The highest BCUT2D eigenvalue weighted by Gasteiger charge is 2.29. The van der Waals surface area contributed by atoms with Gasteiger partial charge in [-0.25, -0.2) is 0 Å². The number of hydrogen-bond donors (Lipinski definition) is 2. The Morgan fingerprint density at radius 2 is 2.00 bits per heavy atom. The monoisotopic (exact) mass is 329 g/mol. The fourth-order valence-electron chi connectivity index (χ4n) is 2.33. The zero-order chi connectivity index (χ0) is 17.4. The van der Waals surface area contributed by atoms with Crippen molar-refractivity contribution in [1.29, 1.82) is 0 Å². The van der Waals surface area contributed by atoms with Crippen molar-refractivity contribution >= 4 is 17.5 Å². The number of rotatable bonds is 3.